The molecule has 0 fully saturated rings. The van der Waals surface area contributed by atoms with E-state index in [9.17, 15) is 18.0 Å². The highest BCUT2D eigenvalue weighted by atomic mass is 32.2. The van der Waals surface area contributed by atoms with Crippen molar-refractivity contribution in [1.29, 1.82) is 0 Å². The zero-order valence-electron chi connectivity index (χ0n) is 20.1. The monoisotopic (exact) mass is 476 g/mol. The predicted molar refractivity (Wildman–Crippen MR) is 127 cm³/mol. The molecule has 0 atom stereocenters. The van der Waals surface area contributed by atoms with Gasteiger partial charge in [0.1, 0.15) is 10.6 Å². The molecule has 0 radical (unpaired) electrons. The highest BCUT2D eigenvalue weighted by molar-refractivity contribution is 7.89. The van der Waals surface area contributed by atoms with Crippen molar-refractivity contribution in [2.75, 3.05) is 19.0 Å². The van der Waals surface area contributed by atoms with Gasteiger partial charge in [-0.15, -0.1) is 0 Å². The quantitative estimate of drug-likeness (QED) is 0.587. The van der Waals surface area contributed by atoms with E-state index in [0.29, 0.717) is 5.69 Å². The minimum Gasteiger partial charge on any atom is -0.495 e. The molecular weight excluding hydrogens is 444 g/mol. The molecule has 1 amide bonds. The van der Waals surface area contributed by atoms with Gasteiger partial charge >= 0.3 is 5.97 Å². The molecule has 180 valence electrons. The largest absolute Gasteiger partial charge is 0.495 e. The lowest BCUT2D eigenvalue weighted by Gasteiger charge is -2.21. The molecule has 0 aromatic heterocycles. The number of methoxy groups -OCH3 is 1. The van der Waals surface area contributed by atoms with E-state index in [1.165, 1.54) is 25.3 Å². The number of esters is 1. The van der Waals surface area contributed by atoms with Crippen LogP contribution in [0.1, 0.15) is 57.5 Å². The van der Waals surface area contributed by atoms with Crippen LogP contribution in [-0.2, 0) is 25.0 Å². The zero-order valence-corrected chi connectivity index (χ0v) is 20.9. The summed E-state index contributed by atoms with van der Waals surface area (Å²) in [6.07, 6.45) is 0. The maximum absolute atomic E-state index is 12.8. The van der Waals surface area contributed by atoms with Crippen molar-refractivity contribution in [3.8, 4) is 5.75 Å². The Hall–Kier alpha value is -2.91. The van der Waals surface area contributed by atoms with Gasteiger partial charge in [0.15, 0.2) is 6.61 Å². The Bertz CT molecular complexity index is 1110. The number of hydrogen-bond donors (Lipinski definition) is 2. The second-order valence-electron chi connectivity index (χ2n) is 9.67. The van der Waals surface area contributed by atoms with Gasteiger partial charge in [-0.3, -0.25) is 4.79 Å². The van der Waals surface area contributed by atoms with Crippen molar-refractivity contribution >= 4 is 27.6 Å². The lowest BCUT2D eigenvalue weighted by atomic mass is 9.87. The summed E-state index contributed by atoms with van der Waals surface area (Å²) in [5.41, 5.74) is 0.940. The summed E-state index contributed by atoms with van der Waals surface area (Å²) in [5.74, 6) is -1.26. The van der Waals surface area contributed by atoms with E-state index < -0.39 is 34.0 Å². The van der Waals surface area contributed by atoms with Gasteiger partial charge in [-0.05, 0) is 62.1 Å². The predicted octanol–water partition coefficient (Wildman–Crippen LogP) is 3.87. The minimum absolute atomic E-state index is 0.00876. The topological polar surface area (TPSA) is 111 Å². The Labute approximate surface area is 195 Å². The first-order valence-electron chi connectivity index (χ1n) is 10.4. The van der Waals surface area contributed by atoms with E-state index >= 15 is 0 Å². The standard InChI is InChI=1S/C24H32N2O6S/c1-23(2,3)17-9-11-18(12-10-17)25-21(27)15-32-22(28)16-8-13-19(31-7)20(14-16)33(29,30)26-24(4,5)6/h8-14,26H,15H2,1-7H3,(H,25,27). The second kappa shape index (κ2) is 9.93. The van der Waals surface area contributed by atoms with Crippen LogP contribution in [0.4, 0.5) is 5.69 Å². The molecule has 33 heavy (non-hydrogen) atoms. The number of hydrogen-bond acceptors (Lipinski definition) is 6. The van der Waals surface area contributed by atoms with Crippen LogP contribution in [0, 0.1) is 0 Å². The number of anilines is 1. The molecule has 0 aliphatic heterocycles. The highest BCUT2D eigenvalue weighted by Crippen LogP contribution is 2.26. The number of sulfonamides is 1. The summed E-state index contributed by atoms with van der Waals surface area (Å²) in [5, 5.41) is 2.66. The summed E-state index contributed by atoms with van der Waals surface area (Å²) < 4.78 is 38.2. The van der Waals surface area contributed by atoms with Gasteiger partial charge in [-0.1, -0.05) is 32.9 Å². The number of rotatable bonds is 7. The van der Waals surface area contributed by atoms with Crippen LogP contribution in [-0.4, -0.2) is 39.5 Å². The molecular formula is C24H32N2O6S. The van der Waals surface area contributed by atoms with Gasteiger partial charge in [0, 0.05) is 11.2 Å². The van der Waals surface area contributed by atoms with Gasteiger partial charge in [-0.2, -0.15) is 0 Å². The Morgan fingerprint density at radius 2 is 1.55 bits per heavy atom. The average molecular weight is 477 g/mol. The number of carbonyl (C=O) groups excluding carboxylic acids is 2. The van der Waals surface area contributed by atoms with E-state index in [0.717, 1.165) is 5.56 Å². The average Bonchev–Trinajstić information content (AvgIpc) is 2.69. The van der Waals surface area contributed by atoms with Crippen molar-refractivity contribution in [3.05, 3.63) is 53.6 Å². The van der Waals surface area contributed by atoms with Crippen molar-refractivity contribution in [2.45, 2.75) is 57.4 Å². The molecule has 2 rings (SSSR count). The van der Waals surface area contributed by atoms with E-state index in [-0.39, 0.29) is 21.6 Å². The van der Waals surface area contributed by atoms with E-state index in [1.54, 1.807) is 32.9 Å². The Balaban J connectivity index is 2.08. The molecule has 9 heteroatoms. The lowest BCUT2D eigenvalue weighted by molar-refractivity contribution is -0.119. The van der Waals surface area contributed by atoms with Crippen LogP contribution < -0.4 is 14.8 Å². The van der Waals surface area contributed by atoms with E-state index in [2.05, 4.69) is 30.8 Å². The number of ether oxygens (including phenoxy) is 2. The van der Waals surface area contributed by atoms with Crippen molar-refractivity contribution in [1.82, 2.24) is 4.72 Å². The summed E-state index contributed by atoms with van der Waals surface area (Å²) in [7, 11) is -2.63. The third-order valence-electron chi connectivity index (χ3n) is 4.50. The SMILES string of the molecule is COc1ccc(C(=O)OCC(=O)Nc2ccc(C(C)(C)C)cc2)cc1S(=O)(=O)NC(C)(C)C. The first-order valence-corrected chi connectivity index (χ1v) is 11.9. The molecule has 0 aliphatic rings. The fourth-order valence-corrected chi connectivity index (χ4v) is 4.55. The fourth-order valence-electron chi connectivity index (χ4n) is 2.94. The summed E-state index contributed by atoms with van der Waals surface area (Å²) in [4.78, 5) is 24.5. The smallest absolute Gasteiger partial charge is 0.338 e. The normalized spacial score (nSPS) is 12.2. The van der Waals surface area contributed by atoms with Gasteiger partial charge < -0.3 is 14.8 Å². The van der Waals surface area contributed by atoms with Gasteiger partial charge in [-0.25, -0.2) is 17.9 Å². The number of benzene rings is 2. The van der Waals surface area contributed by atoms with E-state index in [1.807, 2.05) is 12.1 Å². The number of amides is 1. The molecule has 2 N–H and O–H groups in total. The molecule has 8 nitrogen and oxygen atoms in total. The lowest BCUT2D eigenvalue weighted by Crippen LogP contribution is -2.40. The number of nitrogens with one attached hydrogen (secondary N) is 2. The molecule has 0 saturated heterocycles. The van der Waals surface area contributed by atoms with Gasteiger partial charge in [0.05, 0.1) is 12.7 Å². The Morgan fingerprint density at radius 1 is 0.939 bits per heavy atom. The van der Waals surface area contributed by atoms with Crippen LogP contribution in [0.5, 0.6) is 5.75 Å². The van der Waals surface area contributed by atoms with Crippen molar-refractivity contribution in [3.63, 3.8) is 0 Å². The number of carbonyl (C=O) groups is 2. The highest BCUT2D eigenvalue weighted by Gasteiger charge is 2.27. The minimum atomic E-state index is -3.96. The third kappa shape index (κ3) is 7.57. The molecule has 0 heterocycles. The molecule has 0 spiro atoms. The second-order valence-corrected chi connectivity index (χ2v) is 11.3. The summed E-state index contributed by atoms with van der Waals surface area (Å²) in [6.45, 7) is 10.9. The summed E-state index contributed by atoms with van der Waals surface area (Å²) >= 11 is 0. The van der Waals surface area contributed by atoms with Gasteiger partial charge in [0.2, 0.25) is 10.0 Å². The Kier molecular flexibility index (Phi) is 7.92. The van der Waals surface area contributed by atoms with Crippen LogP contribution in [0.25, 0.3) is 0 Å². The first-order chi connectivity index (χ1) is 15.1. The van der Waals surface area contributed by atoms with Gasteiger partial charge in [0.25, 0.3) is 5.91 Å². The molecule has 0 bridgehead atoms. The Morgan fingerprint density at radius 3 is 2.06 bits per heavy atom. The van der Waals surface area contributed by atoms with Crippen molar-refractivity contribution in [2.24, 2.45) is 0 Å². The molecule has 0 saturated carbocycles. The third-order valence-corrected chi connectivity index (χ3v) is 6.28. The van der Waals surface area contributed by atoms with Crippen LogP contribution in [0.15, 0.2) is 47.4 Å². The zero-order chi connectivity index (χ0) is 25.0. The maximum atomic E-state index is 12.8. The molecule has 2 aromatic rings. The molecule has 2 aromatic carbocycles. The first kappa shape index (κ1) is 26.3. The molecule has 0 unspecified atom stereocenters. The van der Waals surface area contributed by atoms with Crippen LogP contribution >= 0.6 is 0 Å². The maximum Gasteiger partial charge on any atom is 0.338 e. The van der Waals surface area contributed by atoms with Crippen LogP contribution in [0.2, 0.25) is 0 Å². The summed E-state index contributed by atoms with van der Waals surface area (Å²) in [6, 6.07) is 11.3. The van der Waals surface area contributed by atoms with E-state index in [4.69, 9.17) is 9.47 Å². The molecule has 0 aliphatic carbocycles. The fraction of sp³-hybridized carbons (Fsp3) is 0.417. The van der Waals surface area contributed by atoms with Crippen molar-refractivity contribution < 1.29 is 27.5 Å². The van der Waals surface area contributed by atoms with Crippen LogP contribution in [0.3, 0.4) is 0 Å².